The van der Waals surface area contributed by atoms with Crippen molar-refractivity contribution in [3.63, 3.8) is 0 Å². The van der Waals surface area contributed by atoms with Crippen LogP contribution in [0, 0.1) is 5.92 Å². The molecule has 104 valence electrons. The molecule has 2 N–H and O–H groups in total. The molecule has 0 aliphatic heterocycles. The monoisotopic (exact) mass is 257 g/mol. The lowest BCUT2D eigenvalue weighted by atomic mass is 9.87. The maximum Gasteiger partial charge on any atom is 0.306 e. The molecule has 1 rings (SSSR count). The number of hydrogen-bond acceptors (Lipinski definition) is 4. The minimum Gasteiger partial charge on any atom is -0.462 e. The minimum atomic E-state index is -0.237. The van der Waals surface area contributed by atoms with Gasteiger partial charge in [-0.25, -0.2) is 0 Å². The summed E-state index contributed by atoms with van der Waals surface area (Å²) in [4.78, 5) is 22.5. The average molecular weight is 257 g/mol. The van der Waals surface area contributed by atoms with Crippen molar-refractivity contribution in [2.45, 2.75) is 51.0 Å². The van der Waals surface area contributed by atoms with Gasteiger partial charge in [-0.15, -0.1) is 0 Å². The maximum atomic E-state index is 11.5. The van der Waals surface area contributed by atoms with Gasteiger partial charge >= 0.3 is 5.97 Å². The number of rotatable bonds is 7. The molecule has 0 bridgehead atoms. The van der Waals surface area contributed by atoms with E-state index in [-0.39, 0.29) is 23.9 Å². The number of amides is 1. The van der Waals surface area contributed by atoms with Crippen molar-refractivity contribution in [2.75, 3.05) is 13.7 Å². The molecule has 0 unspecified atom stereocenters. The Morgan fingerprint density at radius 2 is 1.83 bits per heavy atom. The number of primary amides is 1. The third kappa shape index (κ3) is 5.49. The van der Waals surface area contributed by atoms with Crippen LogP contribution in [-0.4, -0.2) is 31.7 Å². The highest BCUT2D eigenvalue weighted by Gasteiger charge is 2.26. The van der Waals surface area contributed by atoms with Crippen molar-refractivity contribution in [1.82, 2.24) is 0 Å². The normalized spacial score (nSPS) is 23.6. The number of esters is 1. The highest BCUT2D eigenvalue weighted by atomic mass is 16.5. The van der Waals surface area contributed by atoms with E-state index in [2.05, 4.69) is 0 Å². The zero-order chi connectivity index (χ0) is 13.4. The van der Waals surface area contributed by atoms with Crippen LogP contribution in [0.1, 0.15) is 44.9 Å². The number of unbranched alkanes of at least 4 members (excludes halogenated alkanes) is 1. The molecule has 0 radical (unpaired) electrons. The van der Waals surface area contributed by atoms with Crippen molar-refractivity contribution in [3.05, 3.63) is 0 Å². The first kappa shape index (κ1) is 15.0. The van der Waals surface area contributed by atoms with Crippen molar-refractivity contribution in [2.24, 2.45) is 11.7 Å². The van der Waals surface area contributed by atoms with Crippen LogP contribution < -0.4 is 5.73 Å². The van der Waals surface area contributed by atoms with Crippen molar-refractivity contribution in [3.8, 4) is 0 Å². The third-order valence-corrected chi connectivity index (χ3v) is 3.35. The summed E-state index contributed by atoms with van der Waals surface area (Å²) in [6, 6.07) is 0. The number of nitrogens with two attached hydrogens (primary N) is 1. The molecule has 1 fully saturated rings. The van der Waals surface area contributed by atoms with Crippen molar-refractivity contribution >= 4 is 11.9 Å². The summed E-state index contributed by atoms with van der Waals surface area (Å²) in [6.45, 7) is 0.678. The van der Waals surface area contributed by atoms with Crippen LogP contribution in [0.4, 0.5) is 0 Å². The van der Waals surface area contributed by atoms with Crippen LogP contribution in [0.25, 0.3) is 0 Å². The molecule has 0 spiro atoms. The van der Waals surface area contributed by atoms with Crippen LogP contribution in [0.2, 0.25) is 0 Å². The van der Waals surface area contributed by atoms with E-state index in [1.54, 1.807) is 7.11 Å². The summed E-state index contributed by atoms with van der Waals surface area (Å²) in [5, 5.41) is 0. The molecule has 0 atom stereocenters. The Bertz CT molecular complexity index is 272. The lowest BCUT2D eigenvalue weighted by Gasteiger charge is -2.26. The Morgan fingerprint density at radius 1 is 1.17 bits per heavy atom. The Balaban J connectivity index is 2.12. The quantitative estimate of drug-likeness (QED) is 0.552. The second-order valence-electron chi connectivity index (χ2n) is 4.82. The predicted molar refractivity (Wildman–Crippen MR) is 66.8 cm³/mol. The minimum absolute atomic E-state index is 0.0319. The van der Waals surface area contributed by atoms with Crippen LogP contribution in [0.5, 0.6) is 0 Å². The first-order valence-electron chi connectivity index (χ1n) is 6.61. The number of carbonyl (C=O) groups excluding carboxylic acids is 2. The van der Waals surface area contributed by atoms with E-state index in [0.29, 0.717) is 13.0 Å². The van der Waals surface area contributed by atoms with Gasteiger partial charge in [0.05, 0.1) is 0 Å². The lowest BCUT2D eigenvalue weighted by molar-refractivity contribution is -0.151. The van der Waals surface area contributed by atoms with E-state index in [4.69, 9.17) is 15.2 Å². The van der Waals surface area contributed by atoms with Gasteiger partial charge in [0.15, 0.2) is 0 Å². The van der Waals surface area contributed by atoms with E-state index >= 15 is 0 Å². The second kappa shape index (κ2) is 8.08. The van der Waals surface area contributed by atoms with Crippen LogP contribution in [0.15, 0.2) is 0 Å². The Morgan fingerprint density at radius 3 is 2.39 bits per heavy atom. The Labute approximate surface area is 108 Å². The van der Waals surface area contributed by atoms with Crippen LogP contribution in [0.3, 0.4) is 0 Å². The predicted octanol–water partition coefficient (Wildman–Crippen LogP) is 1.39. The lowest BCUT2D eigenvalue weighted by Crippen LogP contribution is -2.31. The molecule has 0 saturated heterocycles. The van der Waals surface area contributed by atoms with Gasteiger partial charge in [0, 0.05) is 26.1 Å². The number of methoxy groups -OCH3 is 1. The molecule has 1 aliphatic rings. The van der Waals surface area contributed by atoms with Gasteiger partial charge in [0.2, 0.25) is 5.91 Å². The van der Waals surface area contributed by atoms with Gasteiger partial charge < -0.3 is 15.2 Å². The van der Waals surface area contributed by atoms with E-state index in [9.17, 15) is 9.59 Å². The summed E-state index contributed by atoms with van der Waals surface area (Å²) in [7, 11) is 1.65. The van der Waals surface area contributed by atoms with Crippen LogP contribution >= 0.6 is 0 Å². The topological polar surface area (TPSA) is 78.6 Å². The summed E-state index contributed by atoms with van der Waals surface area (Å²) in [5.41, 5.74) is 5.25. The van der Waals surface area contributed by atoms with Crippen molar-refractivity contribution < 1.29 is 19.1 Å². The van der Waals surface area contributed by atoms with Gasteiger partial charge in [-0.1, -0.05) is 0 Å². The fourth-order valence-corrected chi connectivity index (χ4v) is 2.23. The zero-order valence-corrected chi connectivity index (χ0v) is 11.0. The van der Waals surface area contributed by atoms with E-state index < -0.39 is 0 Å². The number of carbonyl (C=O) groups is 2. The summed E-state index contributed by atoms with van der Waals surface area (Å²) >= 11 is 0. The maximum absolute atomic E-state index is 11.5. The molecule has 1 amide bonds. The molecule has 0 aromatic rings. The molecule has 0 aromatic heterocycles. The molecule has 0 heterocycles. The molecule has 18 heavy (non-hydrogen) atoms. The first-order valence-corrected chi connectivity index (χ1v) is 6.61. The second-order valence-corrected chi connectivity index (χ2v) is 4.82. The SMILES string of the molecule is COCCCCC(=O)OC1CCC(C(N)=O)CC1. The molecule has 1 saturated carbocycles. The molecular weight excluding hydrogens is 234 g/mol. The standard InChI is InChI=1S/C13H23NO4/c1-17-9-3-2-4-12(15)18-11-7-5-10(6-8-11)13(14)16/h10-11H,2-9H2,1H3,(H2,14,16). The van der Waals surface area contributed by atoms with Crippen molar-refractivity contribution in [1.29, 1.82) is 0 Å². The van der Waals surface area contributed by atoms with Gasteiger partial charge in [-0.3, -0.25) is 9.59 Å². The van der Waals surface area contributed by atoms with Crippen LogP contribution in [-0.2, 0) is 19.1 Å². The van der Waals surface area contributed by atoms with E-state index in [0.717, 1.165) is 38.5 Å². The number of hydrogen-bond donors (Lipinski definition) is 1. The third-order valence-electron chi connectivity index (χ3n) is 3.35. The first-order chi connectivity index (χ1) is 8.63. The smallest absolute Gasteiger partial charge is 0.306 e. The van der Waals surface area contributed by atoms with E-state index in [1.165, 1.54) is 0 Å². The molecule has 5 nitrogen and oxygen atoms in total. The van der Waals surface area contributed by atoms with Gasteiger partial charge in [0.25, 0.3) is 0 Å². The summed E-state index contributed by atoms with van der Waals surface area (Å²) in [5.74, 6) is -0.422. The van der Waals surface area contributed by atoms with E-state index in [1.807, 2.05) is 0 Å². The number of ether oxygens (including phenoxy) is 2. The molecular formula is C13H23NO4. The summed E-state index contributed by atoms with van der Waals surface area (Å²) in [6.07, 6.45) is 5.04. The molecule has 5 heteroatoms. The fourth-order valence-electron chi connectivity index (χ4n) is 2.23. The van der Waals surface area contributed by atoms with Gasteiger partial charge in [-0.2, -0.15) is 0 Å². The zero-order valence-electron chi connectivity index (χ0n) is 11.0. The van der Waals surface area contributed by atoms with Gasteiger partial charge in [-0.05, 0) is 38.5 Å². The largest absolute Gasteiger partial charge is 0.462 e. The highest BCUT2D eigenvalue weighted by molar-refractivity contribution is 5.76. The molecule has 0 aromatic carbocycles. The Hall–Kier alpha value is -1.10. The van der Waals surface area contributed by atoms with Gasteiger partial charge in [0.1, 0.15) is 6.10 Å². The Kier molecular flexibility index (Phi) is 6.72. The highest BCUT2D eigenvalue weighted by Crippen LogP contribution is 2.26. The fraction of sp³-hybridized carbons (Fsp3) is 0.846. The summed E-state index contributed by atoms with van der Waals surface area (Å²) < 4.78 is 10.3. The molecule has 1 aliphatic carbocycles. The average Bonchev–Trinajstić information content (AvgIpc) is 2.35.